The van der Waals surface area contributed by atoms with Crippen molar-refractivity contribution < 1.29 is 23.4 Å². The van der Waals surface area contributed by atoms with Crippen LogP contribution < -0.4 is 15.0 Å². The summed E-state index contributed by atoms with van der Waals surface area (Å²) in [6.45, 7) is 1.46. The Morgan fingerprint density at radius 3 is 2.52 bits per heavy atom. The molecule has 7 heteroatoms. The van der Waals surface area contributed by atoms with Gasteiger partial charge in [-0.15, -0.1) is 0 Å². The number of rotatable bonds is 7. The molecular formula is C26H33FN2O4. The minimum atomic E-state index is -0.552. The maximum absolute atomic E-state index is 14.4. The van der Waals surface area contributed by atoms with Crippen LogP contribution in [0.5, 0.6) is 5.75 Å². The molecule has 0 unspecified atom stereocenters. The molecule has 1 aliphatic carbocycles. The van der Waals surface area contributed by atoms with E-state index >= 15 is 0 Å². The van der Waals surface area contributed by atoms with Crippen molar-refractivity contribution in [3.05, 3.63) is 59.4 Å². The lowest BCUT2D eigenvalue weighted by Crippen LogP contribution is -2.42. The highest BCUT2D eigenvalue weighted by Gasteiger charge is 2.35. The van der Waals surface area contributed by atoms with Crippen molar-refractivity contribution in [3.8, 4) is 5.75 Å². The molecule has 0 aromatic heterocycles. The molecule has 2 amide bonds. The first kappa shape index (κ1) is 23.5. The summed E-state index contributed by atoms with van der Waals surface area (Å²) < 4.78 is 31.5. The fourth-order valence-corrected chi connectivity index (χ4v) is 4.66. The lowest BCUT2D eigenvalue weighted by molar-refractivity contribution is -0.0950. The Bertz CT molecular complexity index is 938. The van der Waals surface area contributed by atoms with Gasteiger partial charge < -0.3 is 19.5 Å². The molecule has 4 rings (SSSR count). The van der Waals surface area contributed by atoms with Crippen LogP contribution in [-0.2, 0) is 21.7 Å². The summed E-state index contributed by atoms with van der Waals surface area (Å²) in [4.78, 5) is 14.1. The topological polar surface area (TPSA) is 60.0 Å². The van der Waals surface area contributed by atoms with Crippen molar-refractivity contribution in [2.45, 2.75) is 56.8 Å². The number of ether oxygens (including phenoxy) is 3. The van der Waals surface area contributed by atoms with Gasteiger partial charge in [0.15, 0.2) is 0 Å². The predicted molar refractivity (Wildman–Crippen MR) is 125 cm³/mol. The van der Waals surface area contributed by atoms with E-state index in [1.54, 1.807) is 19.1 Å². The van der Waals surface area contributed by atoms with Crippen molar-refractivity contribution in [2.24, 2.45) is 0 Å². The van der Waals surface area contributed by atoms with Crippen LogP contribution in [0, 0.1) is 5.82 Å². The van der Waals surface area contributed by atoms with Gasteiger partial charge in [0.2, 0.25) is 0 Å². The molecule has 0 radical (unpaired) electrons. The lowest BCUT2D eigenvalue weighted by Gasteiger charge is -2.36. The van der Waals surface area contributed by atoms with E-state index < -0.39 is 5.60 Å². The summed E-state index contributed by atoms with van der Waals surface area (Å²) in [5, 5.41) is 3.09. The molecule has 1 N–H and O–H groups in total. The van der Waals surface area contributed by atoms with Crippen LogP contribution in [0.3, 0.4) is 0 Å². The number of methoxy groups -OCH3 is 1. The van der Waals surface area contributed by atoms with Crippen molar-refractivity contribution in [1.82, 2.24) is 5.32 Å². The van der Waals surface area contributed by atoms with Gasteiger partial charge in [-0.3, -0.25) is 4.90 Å². The van der Waals surface area contributed by atoms with Gasteiger partial charge in [-0.25, -0.2) is 9.18 Å². The SMILES string of the molecule is COC1(c2cc(F)cc(OCc3ccc(N(C)C(=O)NC4CCCC4)cc3)c2)CCOCC1. The Labute approximate surface area is 195 Å². The van der Waals surface area contributed by atoms with Gasteiger partial charge in [-0.2, -0.15) is 0 Å². The minimum absolute atomic E-state index is 0.0848. The fourth-order valence-electron chi connectivity index (χ4n) is 4.66. The average Bonchev–Trinajstić information content (AvgIpc) is 3.35. The molecule has 2 aromatic rings. The van der Waals surface area contributed by atoms with Crippen LogP contribution in [0.25, 0.3) is 0 Å². The van der Waals surface area contributed by atoms with Crippen LogP contribution in [-0.4, -0.2) is 39.4 Å². The number of anilines is 1. The third kappa shape index (κ3) is 5.65. The Morgan fingerprint density at radius 1 is 1.15 bits per heavy atom. The molecule has 33 heavy (non-hydrogen) atoms. The van der Waals surface area contributed by atoms with Crippen LogP contribution in [0.2, 0.25) is 0 Å². The number of carbonyl (C=O) groups excluding carboxylic acids is 1. The standard InChI is InChI=1S/C26H33FN2O4/c1-29(25(30)28-22-5-3-4-6-22)23-9-7-19(8-10-23)18-33-24-16-20(15-21(27)17-24)26(31-2)11-13-32-14-12-26/h7-10,15-17,22H,3-6,11-14,18H2,1-2H3,(H,28,30). The molecule has 0 atom stereocenters. The van der Waals surface area contributed by atoms with Crippen LogP contribution in [0.4, 0.5) is 14.9 Å². The molecular weight excluding hydrogens is 423 g/mol. The van der Waals surface area contributed by atoms with Gasteiger partial charge in [0.05, 0.1) is 5.60 Å². The zero-order valence-corrected chi connectivity index (χ0v) is 19.4. The van der Waals surface area contributed by atoms with Crippen LogP contribution >= 0.6 is 0 Å². The monoisotopic (exact) mass is 456 g/mol. The molecule has 2 aliphatic rings. The highest BCUT2D eigenvalue weighted by molar-refractivity contribution is 5.91. The largest absolute Gasteiger partial charge is 0.489 e. The van der Waals surface area contributed by atoms with E-state index in [2.05, 4.69) is 5.32 Å². The zero-order chi connectivity index (χ0) is 23.3. The van der Waals surface area contributed by atoms with Crippen molar-refractivity contribution in [2.75, 3.05) is 32.3 Å². The van der Waals surface area contributed by atoms with E-state index in [0.717, 1.165) is 29.7 Å². The maximum Gasteiger partial charge on any atom is 0.321 e. The summed E-state index contributed by atoms with van der Waals surface area (Å²) >= 11 is 0. The number of urea groups is 1. The third-order valence-electron chi connectivity index (χ3n) is 6.81. The first-order valence-corrected chi connectivity index (χ1v) is 11.7. The van der Waals surface area contributed by atoms with Gasteiger partial charge in [0, 0.05) is 58.0 Å². The molecule has 0 spiro atoms. The number of benzene rings is 2. The Balaban J connectivity index is 1.38. The van der Waals surface area contributed by atoms with E-state index in [-0.39, 0.29) is 17.9 Å². The zero-order valence-electron chi connectivity index (χ0n) is 19.4. The number of hydrogen-bond donors (Lipinski definition) is 1. The van der Waals surface area contributed by atoms with Gasteiger partial charge in [0.1, 0.15) is 18.2 Å². The van der Waals surface area contributed by atoms with E-state index in [4.69, 9.17) is 14.2 Å². The van der Waals surface area contributed by atoms with Crippen LogP contribution in [0.15, 0.2) is 42.5 Å². The number of hydrogen-bond acceptors (Lipinski definition) is 4. The highest BCUT2D eigenvalue weighted by Crippen LogP contribution is 2.37. The molecule has 2 aromatic carbocycles. The minimum Gasteiger partial charge on any atom is -0.489 e. The van der Waals surface area contributed by atoms with Crippen molar-refractivity contribution in [3.63, 3.8) is 0 Å². The molecule has 6 nitrogen and oxygen atoms in total. The summed E-state index contributed by atoms with van der Waals surface area (Å²) in [5.41, 5.74) is 1.96. The Morgan fingerprint density at radius 2 is 1.85 bits per heavy atom. The lowest BCUT2D eigenvalue weighted by atomic mass is 9.86. The maximum atomic E-state index is 14.4. The summed E-state index contributed by atoms with van der Waals surface area (Å²) in [5.74, 6) is 0.112. The van der Waals surface area contributed by atoms with E-state index in [0.29, 0.717) is 38.4 Å². The molecule has 1 heterocycles. The number of nitrogens with zero attached hydrogens (tertiary/aromatic N) is 1. The van der Waals surface area contributed by atoms with Gasteiger partial charge >= 0.3 is 6.03 Å². The third-order valence-corrected chi connectivity index (χ3v) is 6.81. The number of amides is 2. The molecule has 1 saturated carbocycles. The first-order chi connectivity index (χ1) is 16.0. The van der Waals surface area contributed by atoms with E-state index in [9.17, 15) is 9.18 Å². The number of carbonyl (C=O) groups is 1. The molecule has 1 saturated heterocycles. The number of halogens is 1. The molecule has 1 aliphatic heterocycles. The molecule has 2 fully saturated rings. The van der Waals surface area contributed by atoms with Gasteiger partial charge in [0.25, 0.3) is 0 Å². The van der Waals surface area contributed by atoms with E-state index in [1.807, 2.05) is 30.3 Å². The Kier molecular flexibility index (Phi) is 7.50. The second-order valence-electron chi connectivity index (χ2n) is 8.93. The van der Waals surface area contributed by atoms with Crippen molar-refractivity contribution in [1.29, 1.82) is 0 Å². The van der Waals surface area contributed by atoms with Gasteiger partial charge in [-0.1, -0.05) is 25.0 Å². The highest BCUT2D eigenvalue weighted by atomic mass is 19.1. The second kappa shape index (κ2) is 10.5. The van der Waals surface area contributed by atoms with Crippen LogP contribution in [0.1, 0.15) is 49.7 Å². The first-order valence-electron chi connectivity index (χ1n) is 11.7. The van der Waals surface area contributed by atoms with Crippen molar-refractivity contribution >= 4 is 11.7 Å². The van der Waals surface area contributed by atoms with Gasteiger partial charge in [-0.05, 0) is 48.2 Å². The molecule has 0 bridgehead atoms. The summed E-state index contributed by atoms with van der Waals surface area (Å²) in [7, 11) is 3.43. The molecule has 178 valence electrons. The quantitative estimate of drug-likeness (QED) is 0.626. The summed E-state index contributed by atoms with van der Waals surface area (Å²) in [6, 6.07) is 12.6. The predicted octanol–water partition coefficient (Wildman–Crippen LogP) is 5.15. The second-order valence-corrected chi connectivity index (χ2v) is 8.93. The Hall–Kier alpha value is -2.64. The normalized spacial score (nSPS) is 18.2. The fraction of sp³-hybridized carbons (Fsp3) is 0.500. The smallest absolute Gasteiger partial charge is 0.321 e. The average molecular weight is 457 g/mol. The summed E-state index contributed by atoms with van der Waals surface area (Å²) in [6.07, 6.45) is 5.81. The van der Waals surface area contributed by atoms with E-state index in [1.165, 1.54) is 25.0 Å². The number of nitrogens with one attached hydrogen (secondary N) is 1.